The highest BCUT2D eigenvalue weighted by Gasteiger charge is 2.46. The molecule has 1 rings (SSSR count). The van der Waals surface area contributed by atoms with Crippen molar-refractivity contribution in [2.24, 2.45) is 0 Å². The van der Waals surface area contributed by atoms with Gasteiger partial charge in [-0.25, -0.2) is 8.42 Å². The SMILES string of the molecule is O=C([O-])[C@@H]1O[C@@H](O)[C@H](OS(=O)(=O)[O-])[C@@H](O)[C@@H]1O. The van der Waals surface area contributed by atoms with E-state index in [0.29, 0.717) is 0 Å². The van der Waals surface area contributed by atoms with Crippen LogP contribution in [0.3, 0.4) is 0 Å². The Morgan fingerprint density at radius 3 is 2.18 bits per heavy atom. The van der Waals surface area contributed by atoms with Crippen molar-refractivity contribution in [3.8, 4) is 0 Å². The first-order valence-corrected chi connectivity index (χ1v) is 5.51. The third-order valence-corrected chi connectivity index (χ3v) is 2.48. The van der Waals surface area contributed by atoms with E-state index in [1.807, 2.05) is 0 Å². The Hall–Kier alpha value is -0.820. The van der Waals surface area contributed by atoms with Crippen LogP contribution in [0.5, 0.6) is 0 Å². The second-order valence-electron chi connectivity index (χ2n) is 3.22. The van der Waals surface area contributed by atoms with Crippen molar-refractivity contribution in [1.82, 2.24) is 0 Å². The molecule has 5 atom stereocenters. The molecule has 0 radical (unpaired) electrons. The van der Waals surface area contributed by atoms with E-state index in [2.05, 4.69) is 8.92 Å². The molecule has 11 heteroatoms. The first-order chi connectivity index (χ1) is 7.63. The summed E-state index contributed by atoms with van der Waals surface area (Å²) < 4.78 is 38.7. The molecule has 0 spiro atoms. The van der Waals surface area contributed by atoms with Crippen molar-refractivity contribution in [1.29, 1.82) is 0 Å². The lowest BCUT2D eigenvalue weighted by Crippen LogP contribution is -2.63. The van der Waals surface area contributed by atoms with Crippen molar-refractivity contribution in [2.75, 3.05) is 0 Å². The quantitative estimate of drug-likeness (QED) is 0.333. The minimum Gasteiger partial charge on any atom is -0.726 e. The highest BCUT2D eigenvalue weighted by atomic mass is 32.3. The number of ether oxygens (including phenoxy) is 1. The molecule has 3 N–H and O–H groups in total. The first kappa shape index (κ1) is 14.2. The second kappa shape index (κ2) is 4.81. The van der Waals surface area contributed by atoms with Gasteiger partial charge in [-0.2, -0.15) is 0 Å². The van der Waals surface area contributed by atoms with Gasteiger partial charge in [-0.15, -0.1) is 0 Å². The molecular weight excluding hydrogens is 264 g/mol. The van der Waals surface area contributed by atoms with Crippen LogP contribution in [0.1, 0.15) is 0 Å². The maximum absolute atomic E-state index is 10.4. The number of aliphatic hydroxyl groups excluding tert-OH is 3. The molecule has 1 aliphatic rings. The van der Waals surface area contributed by atoms with Crippen molar-refractivity contribution >= 4 is 16.4 Å². The first-order valence-electron chi connectivity index (χ1n) is 4.18. The summed E-state index contributed by atoms with van der Waals surface area (Å²) in [5.41, 5.74) is 0. The van der Waals surface area contributed by atoms with Gasteiger partial charge in [0.15, 0.2) is 12.4 Å². The number of carboxylic acid groups (broad SMARTS) is 1. The summed E-state index contributed by atoms with van der Waals surface area (Å²) >= 11 is 0. The molecule has 17 heavy (non-hydrogen) atoms. The number of carboxylic acids is 1. The summed E-state index contributed by atoms with van der Waals surface area (Å²) in [4.78, 5) is 10.4. The molecule has 0 aromatic carbocycles. The van der Waals surface area contributed by atoms with E-state index in [1.54, 1.807) is 0 Å². The average molecular weight is 272 g/mol. The van der Waals surface area contributed by atoms with E-state index in [4.69, 9.17) is 5.11 Å². The summed E-state index contributed by atoms with van der Waals surface area (Å²) in [6.07, 6.45) is -10.7. The van der Waals surface area contributed by atoms with Crippen LogP contribution in [0.4, 0.5) is 0 Å². The van der Waals surface area contributed by atoms with Gasteiger partial charge < -0.3 is 34.5 Å². The molecule has 0 amide bonds. The average Bonchev–Trinajstić information content (AvgIpc) is 2.16. The molecule has 1 fully saturated rings. The molecule has 100 valence electrons. The number of aliphatic carboxylic acids is 1. The number of rotatable bonds is 3. The largest absolute Gasteiger partial charge is 0.726 e. The summed E-state index contributed by atoms with van der Waals surface area (Å²) in [6.45, 7) is 0. The smallest absolute Gasteiger partial charge is 0.218 e. The van der Waals surface area contributed by atoms with Gasteiger partial charge in [-0.3, -0.25) is 4.18 Å². The minimum absolute atomic E-state index is 1.93. The Kier molecular flexibility index (Phi) is 4.03. The molecule has 1 saturated heterocycles. The lowest BCUT2D eigenvalue weighted by atomic mass is 9.99. The van der Waals surface area contributed by atoms with Crippen molar-refractivity contribution < 1.29 is 47.1 Å². The van der Waals surface area contributed by atoms with Gasteiger partial charge in [0.1, 0.15) is 18.3 Å². The van der Waals surface area contributed by atoms with Gasteiger partial charge in [0.25, 0.3) is 0 Å². The zero-order valence-electron chi connectivity index (χ0n) is 7.99. The van der Waals surface area contributed by atoms with Crippen LogP contribution in [0, 0.1) is 0 Å². The maximum atomic E-state index is 10.4. The van der Waals surface area contributed by atoms with Gasteiger partial charge in [0.05, 0.1) is 5.97 Å². The fourth-order valence-electron chi connectivity index (χ4n) is 1.29. The van der Waals surface area contributed by atoms with E-state index < -0.39 is 47.1 Å². The van der Waals surface area contributed by atoms with E-state index in [0.717, 1.165) is 0 Å². The molecule has 10 nitrogen and oxygen atoms in total. The Balaban J connectivity index is 2.87. The summed E-state index contributed by atoms with van der Waals surface area (Å²) in [7, 11) is -5.27. The minimum atomic E-state index is -5.27. The Morgan fingerprint density at radius 2 is 1.76 bits per heavy atom. The second-order valence-corrected chi connectivity index (χ2v) is 4.23. The molecule has 0 bridgehead atoms. The standard InChI is InChI=1S/C6H10O10S/c7-1-2(8)4(16-17(12,13)14)6(11)15-3(1)5(9)10/h1-4,6-8,11H,(H,9,10)(H,12,13,14)/p-2/t1-,2-,3+,4+,6+/m0/s1. The van der Waals surface area contributed by atoms with Crippen molar-refractivity contribution in [3.63, 3.8) is 0 Å². The van der Waals surface area contributed by atoms with E-state index in [-0.39, 0.29) is 0 Å². The van der Waals surface area contributed by atoms with Crippen LogP contribution in [0.15, 0.2) is 0 Å². The van der Waals surface area contributed by atoms with Crippen LogP contribution in [-0.2, 0) is 24.1 Å². The molecule has 0 unspecified atom stereocenters. The van der Waals surface area contributed by atoms with Crippen molar-refractivity contribution in [2.45, 2.75) is 30.7 Å². The van der Waals surface area contributed by atoms with E-state index in [9.17, 15) is 33.1 Å². The Bertz CT molecular complexity index is 390. The Morgan fingerprint density at radius 1 is 1.24 bits per heavy atom. The van der Waals surface area contributed by atoms with Gasteiger partial charge in [0, 0.05) is 0 Å². The van der Waals surface area contributed by atoms with Gasteiger partial charge in [0.2, 0.25) is 10.4 Å². The zero-order valence-corrected chi connectivity index (χ0v) is 8.81. The van der Waals surface area contributed by atoms with Gasteiger partial charge in [-0.1, -0.05) is 0 Å². The molecule has 1 heterocycles. The van der Waals surface area contributed by atoms with Crippen molar-refractivity contribution in [3.05, 3.63) is 0 Å². The van der Waals surface area contributed by atoms with Crippen LogP contribution >= 0.6 is 0 Å². The highest BCUT2D eigenvalue weighted by molar-refractivity contribution is 7.80. The Labute approximate surface area is 95.0 Å². The van der Waals surface area contributed by atoms with E-state index >= 15 is 0 Å². The highest BCUT2D eigenvalue weighted by Crippen LogP contribution is 2.23. The molecule has 1 aliphatic heterocycles. The molecule has 0 aromatic heterocycles. The summed E-state index contributed by atoms with van der Waals surface area (Å²) in [5.74, 6) is -1.93. The lowest BCUT2D eigenvalue weighted by molar-refractivity contribution is -0.343. The van der Waals surface area contributed by atoms with Crippen LogP contribution in [-0.4, -0.2) is 65.0 Å². The monoisotopic (exact) mass is 272 g/mol. The van der Waals surface area contributed by atoms with Crippen LogP contribution < -0.4 is 5.11 Å². The molecule has 0 aromatic rings. The summed E-state index contributed by atoms with van der Waals surface area (Å²) in [6, 6.07) is 0. The molecule has 0 aliphatic carbocycles. The normalized spacial score (nSPS) is 38.9. The predicted octanol–water partition coefficient (Wildman–Crippen LogP) is -4.98. The number of carbonyl (C=O) groups is 1. The van der Waals surface area contributed by atoms with Gasteiger partial charge >= 0.3 is 0 Å². The fraction of sp³-hybridized carbons (Fsp3) is 0.833. The number of aliphatic hydroxyl groups is 3. The van der Waals surface area contributed by atoms with Gasteiger partial charge in [-0.05, 0) is 0 Å². The molecular formula is C6H8O10S-2. The predicted molar refractivity (Wildman–Crippen MR) is 42.5 cm³/mol. The molecule has 0 saturated carbocycles. The third kappa shape index (κ3) is 3.32. The lowest BCUT2D eigenvalue weighted by Gasteiger charge is -2.40. The van der Waals surface area contributed by atoms with Crippen LogP contribution in [0.2, 0.25) is 0 Å². The summed E-state index contributed by atoms with van der Waals surface area (Å²) in [5, 5.41) is 38.0. The number of hydrogen-bond donors (Lipinski definition) is 3. The van der Waals surface area contributed by atoms with Crippen LogP contribution in [0.25, 0.3) is 0 Å². The zero-order chi connectivity index (χ0) is 13.4. The maximum Gasteiger partial charge on any atom is 0.218 e. The third-order valence-electron chi connectivity index (χ3n) is 2.03. The fourth-order valence-corrected chi connectivity index (χ4v) is 1.77. The number of carbonyl (C=O) groups excluding carboxylic acids is 1. The topological polar surface area (TPSA) is 176 Å². The number of hydrogen-bond acceptors (Lipinski definition) is 10. The van der Waals surface area contributed by atoms with E-state index in [1.165, 1.54) is 0 Å².